The monoisotopic (exact) mass is 621 g/mol. The van der Waals surface area contributed by atoms with Gasteiger partial charge in [-0.25, -0.2) is 0 Å². The van der Waals surface area contributed by atoms with Gasteiger partial charge in [0.05, 0.1) is 12.0 Å². The lowest BCUT2D eigenvalue weighted by Gasteiger charge is -2.41. The van der Waals surface area contributed by atoms with Crippen LogP contribution in [0, 0.1) is 11.5 Å². The van der Waals surface area contributed by atoms with Gasteiger partial charge in [0.1, 0.15) is 14.4 Å². The molecule has 0 saturated carbocycles. The Kier molecular flexibility index (Phi) is 14.6. The summed E-state index contributed by atoms with van der Waals surface area (Å²) in [7, 11) is -4.11. The number of likely N-dealkylation sites (tertiary alicyclic amines) is 1. The summed E-state index contributed by atoms with van der Waals surface area (Å²) in [5, 5.41) is 0. The van der Waals surface area contributed by atoms with Crippen LogP contribution in [0.15, 0.2) is 53.4 Å². The van der Waals surface area contributed by atoms with E-state index in [4.69, 9.17) is 4.43 Å². The van der Waals surface area contributed by atoms with Crippen LogP contribution in [-0.4, -0.2) is 40.7 Å². The van der Waals surface area contributed by atoms with E-state index in [0.717, 1.165) is 31.4 Å². The third kappa shape index (κ3) is 8.79. The summed E-state index contributed by atoms with van der Waals surface area (Å²) < 4.78 is 7.21. The van der Waals surface area contributed by atoms with E-state index in [9.17, 15) is 4.79 Å². The predicted octanol–water partition coefficient (Wildman–Crippen LogP) is 10.9. The Balaban J connectivity index is 2.95. The van der Waals surface area contributed by atoms with Gasteiger partial charge in [-0.05, 0) is 58.1 Å². The third-order valence-corrected chi connectivity index (χ3v) is 22.4. The minimum absolute atomic E-state index is 0.489. The average molecular weight is 622 g/mol. The van der Waals surface area contributed by atoms with E-state index >= 15 is 0 Å². The van der Waals surface area contributed by atoms with Gasteiger partial charge in [-0.3, -0.25) is 0 Å². The Morgan fingerprint density at radius 1 is 0.814 bits per heavy atom. The molecule has 3 nitrogen and oxygen atoms in total. The quantitative estimate of drug-likeness (QED) is 0.0641. The molecule has 0 unspecified atom stereocenters. The Hall–Kier alpha value is -2.04. The van der Waals surface area contributed by atoms with Crippen molar-refractivity contribution in [2.24, 2.45) is 0 Å². The fraction of sp³-hybridized carbons (Fsp3) is 0.658. The molecule has 1 fully saturated rings. The molecule has 240 valence electrons. The van der Waals surface area contributed by atoms with Crippen LogP contribution in [0.2, 0.25) is 33.2 Å². The first-order chi connectivity index (χ1) is 20.2. The number of carbonyl (C=O) groups excluding carboxylic acids is 1. The largest absolute Gasteiger partial charge is 0.548 e. The van der Waals surface area contributed by atoms with E-state index in [1.54, 1.807) is 0 Å². The zero-order valence-corrected chi connectivity index (χ0v) is 31.7. The van der Waals surface area contributed by atoms with E-state index in [1.165, 1.54) is 29.7 Å². The fourth-order valence-electron chi connectivity index (χ4n) is 8.17. The zero-order valence-electron chi connectivity index (χ0n) is 29.7. The summed E-state index contributed by atoms with van der Waals surface area (Å²) in [6, 6.07) is 10.8. The molecular weight excluding hydrogens is 559 g/mol. The second-order valence-electron chi connectivity index (χ2n) is 14.6. The maximum absolute atomic E-state index is 11.8. The van der Waals surface area contributed by atoms with Crippen molar-refractivity contribution in [1.82, 2.24) is 4.90 Å². The van der Waals surface area contributed by atoms with Gasteiger partial charge in [-0.2, -0.15) is 0 Å². The second-order valence-corrected chi connectivity index (χ2v) is 25.6. The molecule has 0 bridgehead atoms. The van der Waals surface area contributed by atoms with Crippen molar-refractivity contribution in [3.63, 3.8) is 0 Å². The van der Waals surface area contributed by atoms with Gasteiger partial charge < -0.3 is 14.1 Å². The molecule has 0 atom stereocenters. The van der Waals surface area contributed by atoms with Gasteiger partial charge in [0.15, 0.2) is 0 Å². The summed E-state index contributed by atoms with van der Waals surface area (Å²) in [5.41, 5.74) is 12.0. The van der Waals surface area contributed by atoms with Crippen LogP contribution in [-0.2, 0) is 15.6 Å². The van der Waals surface area contributed by atoms with Crippen molar-refractivity contribution >= 4 is 22.7 Å². The second kappa shape index (κ2) is 16.9. The number of nitrogens with zero attached hydrogens (tertiary/aromatic N) is 1. The van der Waals surface area contributed by atoms with Gasteiger partial charge >= 0.3 is 0 Å². The third-order valence-electron chi connectivity index (χ3n) is 10.2. The Morgan fingerprint density at radius 3 is 1.77 bits per heavy atom. The highest BCUT2D eigenvalue weighted by atomic mass is 28.4. The van der Waals surface area contributed by atoms with E-state index in [0.29, 0.717) is 46.1 Å². The first-order valence-electron chi connectivity index (χ1n) is 17.1. The summed E-state index contributed by atoms with van der Waals surface area (Å²) in [6.45, 7) is 30.4. The molecule has 1 saturated heterocycles. The highest BCUT2D eigenvalue weighted by Crippen LogP contribution is 2.44. The molecule has 5 heteroatoms. The normalized spacial score (nSPS) is 15.6. The summed E-state index contributed by atoms with van der Waals surface area (Å²) in [6.07, 6.45) is 7.54. The topological polar surface area (TPSA) is 29.5 Å². The predicted molar refractivity (Wildman–Crippen MR) is 192 cm³/mol. The number of hydrogen-bond acceptors (Lipinski definition) is 3. The zero-order chi connectivity index (χ0) is 32.4. The lowest BCUT2D eigenvalue weighted by Crippen LogP contribution is -2.46. The lowest BCUT2D eigenvalue weighted by atomic mass is 9.97. The van der Waals surface area contributed by atoms with E-state index in [1.807, 2.05) is 0 Å². The van der Waals surface area contributed by atoms with Gasteiger partial charge in [-0.1, -0.05) is 119 Å². The van der Waals surface area contributed by atoms with Crippen molar-refractivity contribution in [2.45, 2.75) is 148 Å². The minimum Gasteiger partial charge on any atom is -0.548 e. The standard InChI is InChI=1S/C38H63NO2Si2/c1-29(2)42(30(3)4,31(5)6)26-22-36(21-18-25-40)38(39-23-16-17-24-39)37(27-35-19-14-13-15-20-35)28-41-43(32(7)8,33(9)10)34(11)12/h13-15,19-20,25,28-34H,16-18,21,23-24,27H2,1-12H3/b37-28-,38-36-. The Morgan fingerprint density at radius 2 is 1.33 bits per heavy atom. The van der Waals surface area contributed by atoms with Crippen LogP contribution in [0.25, 0.3) is 0 Å². The number of allylic oxidation sites excluding steroid dienone is 2. The summed E-state index contributed by atoms with van der Waals surface area (Å²) >= 11 is 0. The molecule has 43 heavy (non-hydrogen) atoms. The SMILES string of the molecule is CC(C)[Si](C#C/C(CCC=O)=C(/C(=C\O[Si](C(C)C)(C(C)C)C(C)C)Cc1ccccc1)N1CCCC1)(C(C)C)C(C)C. The molecular formula is C38H63NO2Si2. The smallest absolute Gasteiger partial charge is 0.257 e. The number of rotatable bonds is 15. The fourth-order valence-corrected chi connectivity index (χ4v) is 18.6. The van der Waals surface area contributed by atoms with Crippen LogP contribution >= 0.6 is 0 Å². The first-order valence-corrected chi connectivity index (χ1v) is 21.5. The first kappa shape index (κ1) is 37.2. The van der Waals surface area contributed by atoms with Gasteiger partial charge in [0, 0.05) is 37.1 Å². The number of hydrogen-bond donors (Lipinski definition) is 0. The van der Waals surface area contributed by atoms with Crippen LogP contribution in [0.4, 0.5) is 0 Å². The highest BCUT2D eigenvalue weighted by molar-refractivity contribution is 6.90. The van der Waals surface area contributed by atoms with Crippen molar-refractivity contribution < 1.29 is 9.22 Å². The summed E-state index contributed by atoms with van der Waals surface area (Å²) in [5.74, 6) is 3.85. The Bertz CT molecular complexity index is 1090. The molecule has 0 radical (unpaired) electrons. The molecule has 1 heterocycles. The molecule has 0 spiro atoms. The van der Waals surface area contributed by atoms with Crippen molar-refractivity contribution in [1.29, 1.82) is 0 Å². The van der Waals surface area contributed by atoms with E-state index in [-0.39, 0.29) is 0 Å². The molecule has 1 aromatic rings. The molecule has 0 aromatic heterocycles. The minimum atomic E-state index is -2.15. The van der Waals surface area contributed by atoms with Crippen LogP contribution in [0.5, 0.6) is 0 Å². The van der Waals surface area contributed by atoms with Gasteiger partial charge in [-0.15, -0.1) is 5.54 Å². The van der Waals surface area contributed by atoms with Crippen LogP contribution < -0.4 is 0 Å². The van der Waals surface area contributed by atoms with Gasteiger partial charge in [0.25, 0.3) is 8.32 Å². The number of benzene rings is 1. The molecule has 0 aliphatic carbocycles. The van der Waals surface area contributed by atoms with Crippen molar-refractivity contribution in [3.05, 3.63) is 59.0 Å². The van der Waals surface area contributed by atoms with E-state index in [2.05, 4.69) is 136 Å². The molecule has 1 aromatic carbocycles. The maximum Gasteiger partial charge on any atom is 0.257 e. The maximum atomic E-state index is 11.8. The van der Waals surface area contributed by atoms with Crippen molar-refractivity contribution in [2.75, 3.05) is 13.1 Å². The van der Waals surface area contributed by atoms with Crippen molar-refractivity contribution in [3.8, 4) is 11.5 Å². The molecule has 0 N–H and O–H groups in total. The number of aldehydes is 1. The highest BCUT2D eigenvalue weighted by Gasteiger charge is 2.46. The van der Waals surface area contributed by atoms with Gasteiger partial charge in [0.2, 0.25) is 0 Å². The average Bonchev–Trinajstić information content (AvgIpc) is 3.45. The van der Waals surface area contributed by atoms with E-state index < -0.39 is 16.4 Å². The molecule has 0 amide bonds. The summed E-state index contributed by atoms with van der Waals surface area (Å²) in [4.78, 5) is 14.4. The van der Waals surface area contributed by atoms with Crippen LogP contribution in [0.3, 0.4) is 0 Å². The molecule has 1 aliphatic heterocycles. The number of carbonyl (C=O) groups is 1. The molecule has 2 rings (SSSR count). The molecule has 1 aliphatic rings. The Labute approximate surface area is 268 Å². The lowest BCUT2D eigenvalue weighted by molar-refractivity contribution is -0.107. The van der Waals surface area contributed by atoms with Crippen LogP contribution in [0.1, 0.15) is 114 Å².